The molecule has 1 rings (SSSR count). The third-order valence-corrected chi connectivity index (χ3v) is 2.65. The van der Waals surface area contributed by atoms with Crippen molar-refractivity contribution in [2.75, 3.05) is 0 Å². The molecule has 3 nitrogen and oxygen atoms in total. The highest BCUT2D eigenvalue weighted by Crippen LogP contribution is 2.33. The Hall–Kier alpha value is -1.37. The molecule has 0 aliphatic heterocycles. The number of hydrogen-bond donors (Lipinski definition) is 1. The lowest BCUT2D eigenvalue weighted by molar-refractivity contribution is 0.210. The molecule has 0 bridgehead atoms. The highest BCUT2D eigenvalue weighted by molar-refractivity contribution is 6.42. The van der Waals surface area contributed by atoms with E-state index in [-0.39, 0.29) is 5.75 Å². The zero-order valence-electron chi connectivity index (χ0n) is 8.51. The first-order valence-electron chi connectivity index (χ1n) is 4.40. The summed E-state index contributed by atoms with van der Waals surface area (Å²) in [4.78, 5) is 10.7. The van der Waals surface area contributed by atoms with Gasteiger partial charge in [0.15, 0.2) is 0 Å². The molecule has 0 heterocycles. The van der Waals surface area contributed by atoms with Crippen molar-refractivity contribution in [3.63, 3.8) is 0 Å². The van der Waals surface area contributed by atoms with Gasteiger partial charge in [-0.1, -0.05) is 29.1 Å². The number of carbonyl (C=O) groups is 1. The Labute approximate surface area is 103 Å². The third kappa shape index (κ3) is 3.06. The van der Waals surface area contributed by atoms with Gasteiger partial charge >= 0.3 is 6.09 Å². The van der Waals surface area contributed by atoms with Gasteiger partial charge in [-0.05, 0) is 19.1 Å². The largest absolute Gasteiger partial charge is 0.410 e. The van der Waals surface area contributed by atoms with Crippen LogP contribution in [0.25, 0.3) is 0 Å². The van der Waals surface area contributed by atoms with E-state index in [4.69, 9.17) is 33.7 Å². The van der Waals surface area contributed by atoms with Gasteiger partial charge in [0, 0.05) is 12.0 Å². The van der Waals surface area contributed by atoms with Crippen LogP contribution in [0.5, 0.6) is 5.75 Å². The van der Waals surface area contributed by atoms with E-state index in [1.807, 2.05) is 0 Å². The minimum Gasteiger partial charge on any atom is -0.410 e. The second kappa shape index (κ2) is 5.64. The molecule has 0 spiro atoms. The monoisotopic (exact) mass is 257 g/mol. The quantitative estimate of drug-likeness (QED) is 0.829. The molecule has 0 saturated carbocycles. The minimum absolute atomic E-state index is 0.282. The third-order valence-electron chi connectivity index (χ3n) is 1.81. The van der Waals surface area contributed by atoms with E-state index in [1.165, 1.54) is 12.1 Å². The molecule has 0 atom stereocenters. The van der Waals surface area contributed by atoms with Crippen LogP contribution < -0.4 is 10.5 Å². The summed E-state index contributed by atoms with van der Waals surface area (Å²) < 4.78 is 4.81. The maximum absolute atomic E-state index is 10.7. The minimum atomic E-state index is -0.899. The van der Waals surface area contributed by atoms with Gasteiger partial charge in [0.2, 0.25) is 0 Å². The van der Waals surface area contributed by atoms with E-state index in [0.717, 1.165) is 0 Å². The number of benzene rings is 1. The van der Waals surface area contributed by atoms with Crippen LogP contribution in [-0.2, 0) is 6.42 Å². The second-order valence-corrected chi connectivity index (χ2v) is 3.65. The first kappa shape index (κ1) is 12.7. The maximum Gasteiger partial charge on any atom is 0.409 e. The summed E-state index contributed by atoms with van der Waals surface area (Å²) >= 11 is 11.8. The van der Waals surface area contributed by atoms with Crippen LogP contribution in [0.2, 0.25) is 10.0 Å². The van der Waals surface area contributed by atoms with Gasteiger partial charge in [0.1, 0.15) is 5.75 Å². The second-order valence-electron chi connectivity index (χ2n) is 2.86. The maximum atomic E-state index is 10.7. The van der Waals surface area contributed by atoms with Crippen LogP contribution in [0.3, 0.4) is 0 Å². The van der Waals surface area contributed by atoms with E-state index in [0.29, 0.717) is 22.0 Å². The number of ether oxygens (including phenoxy) is 1. The number of carbonyl (C=O) groups excluding carboxylic acids is 1. The molecular weight excluding hydrogens is 249 g/mol. The normalized spacial score (nSPS) is 9.19. The van der Waals surface area contributed by atoms with Crippen molar-refractivity contribution in [3.8, 4) is 17.6 Å². The number of hydrogen-bond acceptors (Lipinski definition) is 2. The van der Waals surface area contributed by atoms with Crippen LogP contribution >= 0.6 is 23.2 Å². The molecule has 1 amide bonds. The summed E-state index contributed by atoms with van der Waals surface area (Å²) in [5.74, 6) is 5.82. The molecule has 84 valence electrons. The molecule has 1 aromatic carbocycles. The highest BCUT2D eigenvalue weighted by Gasteiger charge is 2.12. The molecule has 1 aromatic rings. The molecule has 0 unspecified atom stereocenters. The molecule has 2 N–H and O–H groups in total. The average molecular weight is 258 g/mol. The first-order valence-corrected chi connectivity index (χ1v) is 5.15. The molecule has 0 radical (unpaired) electrons. The summed E-state index contributed by atoms with van der Waals surface area (Å²) in [6.07, 6.45) is -0.553. The molecule has 0 saturated heterocycles. The topological polar surface area (TPSA) is 52.3 Å². The van der Waals surface area contributed by atoms with Crippen molar-refractivity contribution in [2.45, 2.75) is 13.3 Å². The summed E-state index contributed by atoms with van der Waals surface area (Å²) in [6.45, 7) is 1.70. The van der Waals surface area contributed by atoms with Gasteiger partial charge in [0.25, 0.3) is 0 Å². The SMILES string of the molecule is CC#CCc1c(OC(N)=O)ccc(Cl)c1Cl. The van der Waals surface area contributed by atoms with E-state index in [2.05, 4.69) is 11.8 Å². The Kier molecular flexibility index (Phi) is 4.48. The van der Waals surface area contributed by atoms with Gasteiger partial charge in [-0.15, -0.1) is 5.92 Å². The predicted octanol–water partition coefficient (Wildman–Crippen LogP) is 3.02. The molecule has 5 heteroatoms. The lowest BCUT2D eigenvalue weighted by Crippen LogP contribution is -2.17. The fourth-order valence-electron chi connectivity index (χ4n) is 1.12. The Bertz CT molecular complexity index is 475. The summed E-state index contributed by atoms with van der Waals surface area (Å²) in [5, 5.41) is 0.703. The first-order chi connectivity index (χ1) is 7.56. The summed E-state index contributed by atoms with van der Waals surface area (Å²) in [6, 6.07) is 3.07. The molecule has 0 fully saturated rings. The number of amides is 1. The van der Waals surface area contributed by atoms with E-state index in [1.54, 1.807) is 6.92 Å². The highest BCUT2D eigenvalue weighted by atomic mass is 35.5. The number of primary amides is 1. The van der Waals surface area contributed by atoms with Gasteiger partial charge in [0.05, 0.1) is 10.0 Å². The predicted molar refractivity (Wildman–Crippen MR) is 63.8 cm³/mol. The number of rotatable bonds is 2. The van der Waals surface area contributed by atoms with Crippen molar-refractivity contribution in [3.05, 3.63) is 27.7 Å². The molecule has 0 aliphatic carbocycles. The van der Waals surface area contributed by atoms with E-state index >= 15 is 0 Å². The van der Waals surface area contributed by atoms with Crippen LogP contribution in [0, 0.1) is 11.8 Å². The van der Waals surface area contributed by atoms with E-state index < -0.39 is 6.09 Å². The Morgan fingerprint density at radius 3 is 2.75 bits per heavy atom. The standard InChI is InChI=1S/C11H9Cl2NO2/c1-2-3-4-7-9(16-11(14)15)6-5-8(12)10(7)13/h5-6H,4H2,1H3,(H2,14,15). The van der Waals surface area contributed by atoms with Gasteiger partial charge in [-0.25, -0.2) is 4.79 Å². The molecular formula is C11H9Cl2NO2. The number of nitrogens with two attached hydrogens (primary N) is 1. The molecule has 0 aromatic heterocycles. The van der Waals surface area contributed by atoms with Crippen molar-refractivity contribution in [2.24, 2.45) is 5.73 Å². The van der Waals surface area contributed by atoms with Gasteiger partial charge in [-0.2, -0.15) is 0 Å². The van der Waals surface area contributed by atoms with Crippen LogP contribution in [0.4, 0.5) is 4.79 Å². The van der Waals surface area contributed by atoms with Crippen molar-refractivity contribution in [1.29, 1.82) is 0 Å². The Morgan fingerprint density at radius 1 is 1.50 bits per heavy atom. The number of halogens is 2. The molecule has 0 aliphatic rings. The van der Waals surface area contributed by atoms with E-state index in [9.17, 15) is 4.79 Å². The summed E-state index contributed by atoms with van der Waals surface area (Å²) in [7, 11) is 0. The lowest BCUT2D eigenvalue weighted by Gasteiger charge is -2.09. The smallest absolute Gasteiger partial charge is 0.409 e. The Morgan fingerprint density at radius 2 is 2.19 bits per heavy atom. The van der Waals surface area contributed by atoms with Crippen molar-refractivity contribution in [1.82, 2.24) is 0 Å². The fraction of sp³-hybridized carbons (Fsp3) is 0.182. The fourth-order valence-corrected chi connectivity index (χ4v) is 1.52. The lowest BCUT2D eigenvalue weighted by atomic mass is 10.1. The zero-order chi connectivity index (χ0) is 12.1. The van der Waals surface area contributed by atoms with Crippen molar-refractivity contribution >= 4 is 29.3 Å². The van der Waals surface area contributed by atoms with Gasteiger partial charge < -0.3 is 10.5 Å². The summed E-state index contributed by atoms with van der Waals surface area (Å²) in [5.41, 5.74) is 5.49. The van der Waals surface area contributed by atoms with Crippen LogP contribution in [-0.4, -0.2) is 6.09 Å². The van der Waals surface area contributed by atoms with Crippen LogP contribution in [0.15, 0.2) is 12.1 Å². The van der Waals surface area contributed by atoms with Crippen LogP contribution in [0.1, 0.15) is 12.5 Å². The van der Waals surface area contributed by atoms with Crippen molar-refractivity contribution < 1.29 is 9.53 Å². The Balaban J connectivity index is 3.19. The zero-order valence-corrected chi connectivity index (χ0v) is 10.0. The van der Waals surface area contributed by atoms with Gasteiger partial charge in [-0.3, -0.25) is 0 Å². The average Bonchev–Trinajstić information content (AvgIpc) is 2.22. The molecule has 16 heavy (non-hydrogen) atoms.